The van der Waals surface area contributed by atoms with E-state index in [0.717, 1.165) is 38.4 Å². The molecule has 2 aromatic rings. The summed E-state index contributed by atoms with van der Waals surface area (Å²) in [6.45, 7) is 5.86. The fourth-order valence-corrected chi connectivity index (χ4v) is 3.31. The van der Waals surface area contributed by atoms with E-state index >= 15 is 0 Å². The van der Waals surface area contributed by atoms with Gasteiger partial charge in [0.05, 0.1) is 6.61 Å². The van der Waals surface area contributed by atoms with Crippen molar-refractivity contribution >= 4 is 5.69 Å². The topological polar surface area (TPSA) is 15.7 Å². The molecule has 1 heterocycles. The molecule has 0 unspecified atom stereocenters. The molecule has 0 atom stereocenters. The lowest BCUT2D eigenvalue weighted by Gasteiger charge is -2.30. The number of para-hydroxylation sites is 1. The molecule has 2 aromatic carbocycles. The molecule has 3 rings (SSSR count). The first-order valence-corrected chi connectivity index (χ1v) is 8.39. The van der Waals surface area contributed by atoms with Gasteiger partial charge in [-0.3, -0.25) is 4.90 Å². The summed E-state index contributed by atoms with van der Waals surface area (Å²) in [5.74, 6) is 0.988. The van der Waals surface area contributed by atoms with Crippen molar-refractivity contribution in [3.05, 3.63) is 59.2 Å². The fraction of sp³-hybridized carbons (Fsp3) is 0.400. The second-order valence-electron chi connectivity index (χ2n) is 6.35. The van der Waals surface area contributed by atoms with Gasteiger partial charge in [0.1, 0.15) is 5.75 Å². The lowest BCUT2D eigenvalue weighted by Crippen LogP contribution is -2.30. The number of nitrogens with zero attached hydrogens (tertiary/aromatic N) is 2. The molecule has 0 aliphatic carbocycles. The van der Waals surface area contributed by atoms with E-state index in [0.29, 0.717) is 0 Å². The molecule has 1 aliphatic heterocycles. The van der Waals surface area contributed by atoms with Gasteiger partial charge in [0.15, 0.2) is 0 Å². The van der Waals surface area contributed by atoms with Crippen LogP contribution in [-0.2, 0) is 19.5 Å². The molecule has 3 heteroatoms. The largest absolute Gasteiger partial charge is 0.494 e. The maximum Gasteiger partial charge on any atom is 0.119 e. The Balaban J connectivity index is 1.76. The van der Waals surface area contributed by atoms with Crippen molar-refractivity contribution in [3.8, 4) is 5.75 Å². The lowest BCUT2D eigenvalue weighted by atomic mass is 9.99. The number of benzene rings is 2. The predicted octanol–water partition coefficient (Wildman–Crippen LogP) is 3.71. The third-order valence-corrected chi connectivity index (χ3v) is 4.45. The van der Waals surface area contributed by atoms with Crippen molar-refractivity contribution < 1.29 is 4.74 Å². The Hall–Kier alpha value is -2.00. The zero-order valence-electron chi connectivity index (χ0n) is 14.4. The van der Waals surface area contributed by atoms with Crippen molar-refractivity contribution in [1.29, 1.82) is 0 Å². The summed E-state index contributed by atoms with van der Waals surface area (Å²) in [5.41, 5.74) is 5.57. The molecule has 0 aromatic heterocycles. The Morgan fingerprint density at radius 3 is 2.70 bits per heavy atom. The van der Waals surface area contributed by atoms with Crippen LogP contribution in [0.3, 0.4) is 0 Å². The molecule has 0 spiro atoms. The van der Waals surface area contributed by atoms with Gasteiger partial charge in [0.2, 0.25) is 0 Å². The molecule has 0 radical (unpaired) electrons. The highest BCUT2D eigenvalue weighted by atomic mass is 16.5. The van der Waals surface area contributed by atoms with Crippen LogP contribution < -0.4 is 9.64 Å². The van der Waals surface area contributed by atoms with Crippen LogP contribution in [0.1, 0.15) is 23.6 Å². The summed E-state index contributed by atoms with van der Waals surface area (Å²) in [7, 11) is 4.22. The summed E-state index contributed by atoms with van der Waals surface area (Å²) in [6, 6.07) is 15.2. The van der Waals surface area contributed by atoms with Crippen LogP contribution in [0.15, 0.2) is 42.5 Å². The van der Waals surface area contributed by atoms with Crippen LogP contribution in [0.5, 0.6) is 5.75 Å². The van der Waals surface area contributed by atoms with E-state index in [1.54, 1.807) is 0 Å². The van der Waals surface area contributed by atoms with Crippen LogP contribution in [-0.4, -0.2) is 32.1 Å². The van der Waals surface area contributed by atoms with Crippen LogP contribution in [0.25, 0.3) is 0 Å². The first-order valence-electron chi connectivity index (χ1n) is 8.39. The Bertz CT molecular complexity index is 666. The van der Waals surface area contributed by atoms with Gasteiger partial charge in [-0.05, 0) is 48.2 Å². The highest BCUT2D eigenvalue weighted by molar-refractivity contribution is 5.52. The SMILES string of the molecule is CCOc1ccc2c(c1)CN(Cc1ccccc1N(C)C)CC2. The minimum Gasteiger partial charge on any atom is -0.494 e. The monoisotopic (exact) mass is 310 g/mol. The molecule has 1 aliphatic rings. The van der Waals surface area contributed by atoms with E-state index in [-0.39, 0.29) is 0 Å². The van der Waals surface area contributed by atoms with Crippen LogP contribution in [0.4, 0.5) is 5.69 Å². The smallest absolute Gasteiger partial charge is 0.119 e. The summed E-state index contributed by atoms with van der Waals surface area (Å²) < 4.78 is 5.65. The van der Waals surface area contributed by atoms with Crippen LogP contribution >= 0.6 is 0 Å². The minimum absolute atomic E-state index is 0.721. The predicted molar refractivity (Wildman–Crippen MR) is 96.2 cm³/mol. The standard InChI is InChI=1S/C20H26N2O/c1-4-23-19-10-9-16-11-12-22(15-18(16)13-19)14-17-7-5-6-8-20(17)21(2)3/h5-10,13H,4,11-12,14-15H2,1-3H3. The third-order valence-electron chi connectivity index (χ3n) is 4.45. The Morgan fingerprint density at radius 1 is 1.09 bits per heavy atom. The number of hydrogen-bond acceptors (Lipinski definition) is 3. The molecular weight excluding hydrogens is 284 g/mol. The van der Waals surface area contributed by atoms with E-state index in [9.17, 15) is 0 Å². The fourth-order valence-electron chi connectivity index (χ4n) is 3.31. The molecule has 0 amide bonds. The van der Waals surface area contributed by atoms with Gasteiger partial charge in [0, 0.05) is 39.4 Å². The zero-order valence-corrected chi connectivity index (χ0v) is 14.4. The molecule has 0 saturated heterocycles. The van der Waals surface area contributed by atoms with Gasteiger partial charge in [-0.25, -0.2) is 0 Å². The zero-order chi connectivity index (χ0) is 16.2. The highest BCUT2D eigenvalue weighted by Crippen LogP contribution is 2.27. The molecule has 3 nitrogen and oxygen atoms in total. The lowest BCUT2D eigenvalue weighted by molar-refractivity contribution is 0.245. The summed E-state index contributed by atoms with van der Waals surface area (Å²) >= 11 is 0. The summed E-state index contributed by atoms with van der Waals surface area (Å²) in [6.07, 6.45) is 1.12. The average Bonchev–Trinajstić information content (AvgIpc) is 2.55. The van der Waals surface area contributed by atoms with E-state index in [2.05, 4.69) is 66.4 Å². The first-order chi connectivity index (χ1) is 11.2. The molecule has 0 saturated carbocycles. The minimum atomic E-state index is 0.721. The van der Waals surface area contributed by atoms with Gasteiger partial charge < -0.3 is 9.64 Å². The molecular formula is C20H26N2O. The van der Waals surface area contributed by atoms with Gasteiger partial charge >= 0.3 is 0 Å². The number of ether oxygens (including phenoxy) is 1. The van der Waals surface area contributed by atoms with Crippen molar-refractivity contribution in [2.24, 2.45) is 0 Å². The first kappa shape index (κ1) is 15.9. The van der Waals surface area contributed by atoms with E-state index in [1.807, 2.05) is 6.92 Å². The Morgan fingerprint density at radius 2 is 1.91 bits per heavy atom. The van der Waals surface area contributed by atoms with E-state index in [1.165, 1.54) is 22.4 Å². The van der Waals surface area contributed by atoms with Gasteiger partial charge in [-0.15, -0.1) is 0 Å². The molecule has 0 fully saturated rings. The van der Waals surface area contributed by atoms with Crippen LogP contribution in [0, 0.1) is 0 Å². The molecule has 23 heavy (non-hydrogen) atoms. The number of anilines is 1. The Kier molecular flexibility index (Phi) is 4.87. The normalized spacial score (nSPS) is 14.4. The number of hydrogen-bond donors (Lipinski definition) is 0. The second kappa shape index (κ2) is 7.05. The van der Waals surface area contributed by atoms with Gasteiger partial charge in [-0.2, -0.15) is 0 Å². The summed E-state index contributed by atoms with van der Waals surface area (Å²) in [4.78, 5) is 4.72. The van der Waals surface area contributed by atoms with Crippen molar-refractivity contribution in [3.63, 3.8) is 0 Å². The quantitative estimate of drug-likeness (QED) is 0.837. The molecule has 122 valence electrons. The van der Waals surface area contributed by atoms with E-state index in [4.69, 9.17) is 4.74 Å². The highest BCUT2D eigenvalue weighted by Gasteiger charge is 2.18. The number of rotatable bonds is 5. The van der Waals surface area contributed by atoms with Gasteiger partial charge in [-0.1, -0.05) is 24.3 Å². The second-order valence-corrected chi connectivity index (χ2v) is 6.35. The average molecular weight is 310 g/mol. The maximum absolute atomic E-state index is 5.65. The van der Waals surface area contributed by atoms with Crippen molar-refractivity contribution in [2.45, 2.75) is 26.4 Å². The number of fused-ring (bicyclic) bond motifs is 1. The van der Waals surface area contributed by atoms with Crippen molar-refractivity contribution in [2.75, 3.05) is 32.1 Å². The van der Waals surface area contributed by atoms with Gasteiger partial charge in [0.25, 0.3) is 0 Å². The third kappa shape index (κ3) is 3.67. The molecule has 0 N–H and O–H groups in total. The Labute approximate surface area is 139 Å². The summed E-state index contributed by atoms with van der Waals surface area (Å²) in [5, 5.41) is 0. The van der Waals surface area contributed by atoms with Crippen LogP contribution in [0.2, 0.25) is 0 Å². The maximum atomic E-state index is 5.65. The van der Waals surface area contributed by atoms with E-state index < -0.39 is 0 Å². The molecule has 0 bridgehead atoms. The van der Waals surface area contributed by atoms with Crippen molar-refractivity contribution in [1.82, 2.24) is 4.90 Å².